The van der Waals surface area contributed by atoms with Crippen molar-refractivity contribution in [3.63, 3.8) is 0 Å². The number of ketones is 1. The van der Waals surface area contributed by atoms with Crippen LogP contribution in [0.4, 0.5) is 5.13 Å². The second-order valence-corrected chi connectivity index (χ2v) is 11.7. The van der Waals surface area contributed by atoms with Gasteiger partial charge in [0.05, 0.1) is 11.6 Å². The smallest absolute Gasteiger partial charge is 0.301 e. The summed E-state index contributed by atoms with van der Waals surface area (Å²) in [5.41, 5.74) is 2.17. The minimum atomic E-state index is -0.929. The quantitative estimate of drug-likeness (QED) is 0.0485. The molecule has 0 spiro atoms. The number of hydrogen-bond donors (Lipinski definition) is 1. The van der Waals surface area contributed by atoms with E-state index < -0.39 is 17.7 Å². The van der Waals surface area contributed by atoms with Crippen molar-refractivity contribution in [3.8, 4) is 5.75 Å². The van der Waals surface area contributed by atoms with E-state index in [9.17, 15) is 14.7 Å². The number of anilines is 1. The first kappa shape index (κ1) is 27.4. The zero-order valence-corrected chi connectivity index (χ0v) is 24.0. The number of aliphatic hydroxyl groups excluding tert-OH is 1. The Kier molecular flexibility index (Phi) is 7.85. The SMILES string of the molecule is C=CCOc1cccc(C2C(=C(O)c3ccccc3)C(=O)C(=O)N2c2nnc(SCc3cccc4ccccc34)s2)c1. The lowest BCUT2D eigenvalue weighted by molar-refractivity contribution is -0.132. The lowest BCUT2D eigenvalue weighted by Gasteiger charge is -2.23. The Labute approximate surface area is 250 Å². The summed E-state index contributed by atoms with van der Waals surface area (Å²) >= 11 is 2.75. The third-order valence-corrected chi connectivity index (χ3v) is 8.97. The molecule has 1 amide bonds. The van der Waals surface area contributed by atoms with Crippen molar-refractivity contribution >= 4 is 56.5 Å². The fourth-order valence-electron chi connectivity index (χ4n) is 4.94. The summed E-state index contributed by atoms with van der Waals surface area (Å²) in [7, 11) is 0. The summed E-state index contributed by atoms with van der Waals surface area (Å²) < 4.78 is 6.38. The molecule has 0 aliphatic carbocycles. The Bertz CT molecular complexity index is 1830. The summed E-state index contributed by atoms with van der Waals surface area (Å²) in [5.74, 6) is -0.625. The Hall–Kier alpha value is -4.73. The van der Waals surface area contributed by atoms with Crippen molar-refractivity contribution in [1.82, 2.24) is 10.2 Å². The Morgan fingerprint density at radius 2 is 1.74 bits per heavy atom. The maximum absolute atomic E-state index is 13.5. The molecule has 4 aromatic carbocycles. The highest BCUT2D eigenvalue weighted by Gasteiger charge is 2.48. The molecular formula is C33H25N3O4S2. The molecule has 1 unspecified atom stereocenters. The largest absolute Gasteiger partial charge is 0.507 e. The van der Waals surface area contributed by atoms with Crippen molar-refractivity contribution < 1.29 is 19.4 Å². The molecule has 2 heterocycles. The third kappa shape index (κ3) is 5.32. The number of aromatic nitrogens is 2. The first-order valence-corrected chi connectivity index (χ1v) is 15.0. The first-order valence-electron chi connectivity index (χ1n) is 13.2. The van der Waals surface area contributed by atoms with E-state index in [2.05, 4.69) is 41.0 Å². The van der Waals surface area contributed by atoms with Crippen LogP contribution in [0.3, 0.4) is 0 Å². The number of benzene rings is 4. The predicted octanol–water partition coefficient (Wildman–Crippen LogP) is 7.17. The van der Waals surface area contributed by atoms with E-state index in [1.54, 1.807) is 54.6 Å². The molecule has 1 N–H and O–H groups in total. The van der Waals surface area contributed by atoms with Crippen LogP contribution in [-0.4, -0.2) is 33.6 Å². The van der Waals surface area contributed by atoms with Gasteiger partial charge in [0.15, 0.2) is 4.34 Å². The van der Waals surface area contributed by atoms with Crippen molar-refractivity contribution in [2.45, 2.75) is 16.1 Å². The summed E-state index contributed by atoms with van der Waals surface area (Å²) in [6, 6.07) is 29.3. The molecule has 0 radical (unpaired) electrons. The van der Waals surface area contributed by atoms with Gasteiger partial charge in [-0.2, -0.15) is 0 Å². The monoisotopic (exact) mass is 591 g/mol. The van der Waals surface area contributed by atoms with E-state index in [1.165, 1.54) is 33.4 Å². The number of ether oxygens (including phenoxy) is 1. The maximum atomic E-state index is 13.5. The van der Waals surface area contributed by atoms with E-state index in [-0.39, 0.29) is 16.5 Å². The van der Waals surface area contributed by atoms with Gasteiger partial charge in [-0.05, 0) is 34.0 Å². The fourth-order valence-corrected chi connectivity index (χ4v) is 6.81. The molecule has 1 fully saturated rings. The van der Waals surface area contributed by atoms with Crippen LogP contribution in [0.2, 0.25) is 0 Å². The van der Waals surface area contributed by atoms with E-state index in [4.69, 9.17) is 4.74 Å². The van der Waals surface area contributed by atoms with Crippen LogP contribution >= 0.6 is 23.1 Å². The van der Waals surface area contributed by atoms with Gasteiger partial charge in [-0.3, -0.25) is 14.5 Å². The van der Waals surface area contributed by atoms with Gasteiger partial charge in [-0.15, -0.1) is 10.2 Å². The van der Waals surface area contributed by atoms with Crippen molar-refractivity contribution in [2.24, 2.45) is 0 Å². The lowest BCUT2D eigenvalue weighted by Crippen LogP contribution is -2.29. The van der Waals surface area contributed by atoms with Crippen molar-refractivity contribution in [2.75, 3.05) is 11.5 Å². The van der Waals surface area contributed by atoms with E-state index >= 15 is 0 Å². The highest BCUT2D eigenvalue weighted by atomic mass is 32.2. The lowest BCUT2D eigenvalue weighted by atomic mass is 9.95. The van der Waals surface area contributed by atoms with E-state index in [0.717, 1.165) is 10.9 Å². The van der Waals surface area contributed by atoms with Gasteiger partial charge in [0.25, 0.3) is 5.78 Å². The number of amides is 1. The van der Waals surface area contributed by atoms with Gasteiger partial charge in [0, 0.05) is 11.3 Å². The molecule has 1 aliphatic rings. The second-order valence-electron chi connectivity index (χ2n) is 9.48. The molecule has 1 aliphatic heterocycles. The topological polar surface area (TPSA) is 92.6 Å². The van der Waals surface area contributed by atoms with Crippen molar-refractivity contribution in [1.29, 1.82) is 0 Å². The summed E-state index contributed by atoms with van der Waals surface area (Å²) in [6.45, 7) is 3.98. The molecule has 6 rings (SSSR count). The number of carbonyl (C=O) groups is 2. The zero-order valence-electron chi connectivity index (χ0n) is 22.3. The van der Waals surface area contributed by atoms with Crippen molar-refractivity contribution in [3.05, 3.63) is 132 Å². The molecular weight excluding hydrogens is 567 g/mol. The average molecular weight is 592 g/mol. The van der Waals surface area contributed by atoms with Gasteiger partial charge < -0.3 is 9.84 Å². The Balaban J connectivity index is 1.37. The van der Waals surface area contributed by atoms with Gasteiger partial charge in [-0.25, -0.2) is 0 Å². The van der Waals surface area contributed by atoms with Crippen LogP contribution in [0.5, 0.6) is 5.75 Å². The molecule has 208 valence electrons. The molecule has 42 heavy (non-hydrogen) atoms. The molecule has 7 nitrogen and oxygen atoms in total. The Morgan fingerprint density at radius 3 is 2.57 bits per heavy atom. The number of thioether (sulfide) groups is 1. The van der Waals surface area contributed by atoms with Gasteiger partial charge >= 0.3 is 5.91 Å². The van der Waals surface area contributed by atoms with E-state index in [0.29, 0.717) is 33.6 Å². The second kappa shape index (κ2) is 12.0. The number of fused-ring (bicyclic) bond motifs is 1. The van der Waals surface area contributed by atoms with Crippen LogP contribution in [0.15, 0.2) is 120 Å². The van der Waals surface area contributed by atoms with Crippen LogP contribution in [0, 0.1) is 0 Å². The number of nitrogens with zero attached hydrogens (tertiary/aromatic N) is 3. The first-order chi connectivity index (χ1) is 20.5. The number of carbonyl (C=O) groups excluding carboxylic acids is 2. The number of rotatable bonds is 9. The minimum absolute atomic E-state index is 0.0211. The molecule has 0 bridgehead atoms. The number of hydrogen-bond acceptors (Lipinski definition) is 8. The molecule has 1 atom stereocenters. The maximum Gasteiger partial charge on any atom is 0.301 e. The van der Waals surface area contributed by atoms with Gasteiger partial charge in [-0.1, -0.05) is 121 Å². The number of aliphatic hydroxyl groups is 1. The molecule has 5 aromatic rings. The standard InChI is InChI=1S/C33H25N3O4S2/c1-2-18-40-25-16-9-14-23(19-25)28-27(29(37)22-11-4-3-5-12-22)30(38)31(39)36(28)32-34-35-33(42-32)41-20-24-15-8-13-21-10-6-7-17-26(21)24/h2-17,19,28,37H,1,18,20H2. The zero-order chi connectivity index (χ0) is 29.1. The van der Waals surface area contributed by atoms with Gasteiger partial charge in [0.1, 0.15) is 18.1 Å². The van der Waals surface area contributed by atoms with Crippen LogP contribution in [0.25, 0.3) is 16.5 Å². The van der Waals surface area contributed by atoms with E-state index in [1.807, 2.05) is 24.3 Å². The van der Waals surface area contributed by atoms with Crippen LogP contribution < -0.4 is 9.64 Å². The predicted molar refractivity (Wildman–Crippen MR) is 167 cm³/mol. The molecule has 1 saturated heterocycles. The third-order valence-electron chi connectivity index (χ3n) is 6.87. The summed E-state index contributed by atoms with van der Waals surface area (Å²) in [4.78, 5) is 28.4. The van der Waals surface area contributed by atoms with Crippen LogP contribution in [-0.2, 0) is 15.3 Å². The molecule has 0 saturated carbocycles. The minimum Gasteiger partial charge on any atom is -0.507 e. The van der Waals surface area contributed by atoms with Crippen LogP contribution in [0.1, 0.15) is 22.7 Å². The molecule has 1 aromatic heterocycles. The summed E-state index contributed by atoms with van der Waals surface area (Å²) in [5, 5.41) is 22.6. The highest BCUT2D eigenvalue weighted by Crippen LogP contribution is 2.44. The highest BCUT2D eigenvalue weighted by molar-refractivity contribution is 8.00. The molecule has 9 heteroatoms. The number of Topliss-reactive ketones (excluding diaryl/α,β-unsaturated/α-hetero) is 1. The normalized spacial score (nSPS) is 16.2. The average Bonchev–Trinajstić information content (AvgIpc) is 3.60. The van der Waals surface area contributed by atoms with Gasteiger partial charge in [0.2, 0.25) is 5.13 Å². The Morgan fingerprint density at radius 1 is 0.976 bits per heavy atom. The fraction of sp³-hybridized carbons (Fsp3) is 0.0909. The summed E-state index contributed by atoms with van der Waals surface area (Å²) in [6.07, 6.45) is 1.63.